The highest BCUT2D eigenvalue weighted by Crippen LogP contribution is 2.37. The maximum Gasteiger partial charge on any atom is 0.487 e. The monoisotopic (exact) mass is 420 g/mol. The van der Waals surface area contributed by atoms with Crippen LogP contribution in [0.1, 0.15) is 68.1 Å². The molecule has 0 N–H and O–H groups in total. The molecule has 1 saturated carbocycles. The first-order valence-electron chi connectivity index (χ1n) is 10.0. The molecule has 0 atom stereocenters. The van der Waals surface area contributed by atoms with Crippen LogP contribution in [0.15, 0.2) is 42.5 Å². The van der Waals surface area contributed by atoms with Crippen molar-refractivity contribution >= 4 is 11.6 Å². The molecule has 0 amide bonds. The molecule has 3 rings (SSSR count). The molecule has 0 radical (unpaired) electrons. The van der Waals surface area contributed by atoms with Crippen LogP contribution < -0.4 is 4.74 Å². The van der Waals surface area contributed by atoms with Crippen molar-refractivity contribution in [1.82, 2.24) is 0 Å². The minimum absolute atomic E-state index is 0.367. The van der Waals surface area contributed by atoms with Crippen LogP contribution in [0.4, 0.5) is 13.2 Å². The van der Waals surface area contributed by atoms with Gasteiger partial charge in [0.1, 0.15) is 0 Å². The summed E-state index contributed by atoms with van der Waals surface area (Å²) in [5.74, 6) is 5.77. The fraction of sp³-hybridized carbons (Fsp3) is 0.417. The third kappa shape index (κ3) is 6.44. The SMILES string of the molecule is CCCC1CCC(c2ccc(C#Cc3ccc(OC(F)(F)Cl)c(F)c3)cc2)CC1. The van der Waals surface area contributed by atoms with Gasteiger partial charge in [0, 0.05) is 22.7 Å². The van der Waals surface area contributed by atoms with Crippen LogP contribution in [0.3, 0.4) is 0 Å². The molecule has 2 aromatic carbocycles. The Balaban J connectivity index is 1.62. The molecule has 0 aliphatic heterocycles. The largest absolute Gasteiger partial charge is 0.487 e. The lowest BCUT2D eigenvalue weighted by Crippen LogP contribution is -2.16. The van der Waals surface area contributed by atoms with Crippen molar-refractivity contribution in [2.75, 3.05) is 0 Å². The third-order valence-corrected chi connectivity index (χ3v) is 5.51. The molecule has 5 heteroatoms. The Morgan fingerprint density at radius 3 is 2.21 bits per heavy atom. The standard InChI is InChI=1S/C24H24ClF3O/c1-2-3-17-6-11-20(12-7-17)21-13-8-18(9-14-21)4-5-19-10-15-23(22(26)16-19)29-24(25,27)28/h8-10,13-17,20H,2-3,6-7,11-12H2,1H3. The highest BCUT2D eigenvalue weighted by Gasteiger charge is 2.29. The fourth-order valence-corrected chi connectivity index (χ4v) is 4.04. The fourth-order valence-electron chi connectivity index (χ4n) is 3.96. The molecule has 0 spiro atoms. The molecule has 0 bridgehead atoms. The molecular formula is C24H24ClF3O. The molecule has 0 heterocycles. The molecule has 0 unspecified atom stereocenters. The highest BCUT2D eigenvalue weighted by atomic mass is 35.5. The Morgan fingerprint density at radius 1 is 1.00 bits per heavy atom. The quantitative estimate of drug-likeness (QED) is 0.360. The molecule has 29 heavy (non-hydrogen) atoms. The highest BCUT2D eigenvalue weighted by molar-refractivity contribution is 6.20. The van der Waals surface area contributed by atoms with E-state index < -0.39 is 17.1 Å². The van der Waals surface area contributed by atoms with E-state index in [4.69, 9.17) is 0 Å². The van der Waals surface area contributed by atoms with Gasteiger partial charge in [-0.25, -0.2) is 4.39 Å². The van der Waals surface area contributed by atoms with Crippen LogP contribution >= 0.6 is 11.6 Å². The van der Waals surface area contributed by atoms with Gasteiger partial charge >= 0.3 is 5.57 Å². The Bertz CT molecular complexity index is 870. The zero-order valence-electron chi connectivity index (χ0n) is 16.4. The van der Waals surface area contributed by atoms with Crippen molar-refractivity contribution in [3.05, 3.63) is 65.0 Å². The van der Waals surface area contributed by atoms with Crippen LogP contribution in [0.5, 0.6) is 5.75 Å². The van der Waals surface area contributed by atoms with E-state index in [0.29, 0.717) is 11.5 Å². The van der Waals surface area contributed by atoms with Crippen molar-refractivity contribution in [2.45, 2.75) is 56.9 Å². The summed E-state index contributed by atoms with van der Waals surface area (Å²) in [7, 11) is 0. The topological polar surface area (TPSA) is 9.23 Å². The van der Waals surface area contributed by atoms with E-state index in [2.05, 4.69) is 47.2 Å². The van der Waals surface area contributed by atoms with Gasteiger partial charge < -0.3 is 4.74 Å². The molecule has 154 valence electrons. The van der Waals surface area contributed by atoms with Gasteiger partial charge in [0.15, 0.2) is 11.6 Å². The van der Waals surface area contributed by atoms with Crippen molar-refractivity contribution < 1.29 is 17.9 Å². The van der Waals surface area contributed by atoms with Crippen molar-refractivity contribution in [2.24, 2.45) is 5.92 Å². The first kappa shape index (κ1) is 21.6. The van der Waals surface area contributed by atoms with Gasteiger partial charge in [-0.3, -0.25) is 0 Å². The molecular weight excluding hydrogens is 397 g/mol. The van der Waals surface area contributed by atoms with E-state index in [1.807, 2.05) is 12.1 Å². The van der Waals surface area contributed by atoms with Crippen molar-refractivity contribution in [3.63, 3.8) is 0 Å². The molecule has 2 aromatic rings. The van der Waals surface area contributed by atoms with E-state index in [9.17, 15) is 13.2 Å². The zero-order valence-corrected chi connectivity index (χ0v) is 17.1. The van der Waals surface area contributed by atoms with E-state index in [0.717, 1.165) is 23.6 Å². The van der Waals surface area contributed by atoms with Gasteiger partial charge in [-0.2, -0.15) is 0 Å². The molecule has 0 aromatic heterocycles. The van der Waals surface area contributed by atoms with Gasteiger partial charge in [0.2, 0.25) is 0 Å². The first-order valence-corrected chi connectivity index (χ1v) is 10.4. The lowest BCUT2D eigenvalue weighted by molar-refractivity contribution is -0.0984. The van der Waals surface area contributed by atoms with Crippen LogP contribution in [0.2, 0.25) is 0 Å². The lowest BCUT2D eigenvalue weighted by atomic mass is 9.77. The molecule has 1 nitrogen and oxygen atoms in total. The summed E-state index contributed by atoms with van der Waals surface area (Å²) >= 11 is 4.66. The van der Waals surface area contributed by atoms with E-state index in [-0.39, 0.29) is 0 Å². The molecule has 1 fully saturated rings. The molecule has 0 saturated heterocycles. The average molecular weight is 421 g/mol. The molecule has 1 aliphatic carbocycles. The second-order valence-corrected chi connectivity index (χ2v) is 8.01. The minimum Gasteiger partial charge on any atom is -0.417 e. The lowest BCUT2D eigenvalue weighted by Gasteiger charge is -2.28. The van der Waals surface area contributed by atoms with E-state index in [1.54, 1.807) is 0 Å². The number of halogens is 4. The number of ether oxygens (including phenoxy) is 1. The maximum atomic E-state index is 13.9. The second kappa shape index (κ2) is 9.59. The van der Waals surface area contributed by atoms with Gasteiger partial charge in [-0.15, -0.1) is 8.78 Å². The number of hydrogen-bond acceptors (Lipinski definition) is 1. The van der Waals surface area contributed by atoms with Gasteiger partial charge in [-0.05, 0) is 73.4 Å². The predicted octanol–water partition coefficient (Wildman–Crippen LogP) is 7.47. The van der Waals surface area contributed by atoms with Crippen LogP contribution in [-0.2, 0) is 0 Å². The van der Waals surface area contributed by atoms with Crippen LogP contribution in [0, 0.1) is 23.6 Å². The Hall–Kier alpha value is -2.12. The first-order chi connectivity index (χ1) is 13.8. The van der Waals surface area contributed by atoms with Gasteiger partial charge in [0.25, 0.3) is 0 Å². The number of hydrogen-bond donors (Lipinski definition) is 0. The number of alkyl halides is 3. The Kier molecular flexibility index (Phi) is 7.14. The smallest absolute Gasteiger partial charge is 0.417 e. The van der Waals surface area contributed by atoms with Crippen molar-refractivity contribution in [3.8, 4) is 17.6 Å². The van der Waals surface area contributed by atoms with Crippen molar-refractivity contribution in [1.29, 1.82) is 0 Å². The molecule has 1 aliphatic rings. The van der Waals surface area contributed by atoms with E-state index in [1.165, 1.54) is 50.2 Å². The number of benzene rings is 2. The summed E-state index contributed by atoms with van der Waals surface area (Å²) in [4.78, 5) is 0. The van der Waals surface area contributed by atoms with Crippen LogP contribution in [0.25, 0.3) is 0 Å². The van der Waals surface area contributed by atoms with Gasteiger partial charge in [-0.1, -0.05) is 43.7 Å². The van der Waals surface area contributed by atoms with E-state index >= 15 is 0 Å². The summed E-state index contributed by atoms with van der Waals surface area (Å²) < 4.78 is 43.2. The Labute approximate surface area is 175 Å². The third-order valence-electron chi connectivity index (χ3n) is 5.43. The maximum absolute atomic E-state index is 13.9. The summed E-state index contributed by atoms with van der Waals surface area (Å²) in [5.41, 5.74) is -1.42. The second-order valence-electron chi connectivity index (χ2n) is 7.57. The summed E-state index contributed by atoms with van der Waals surface area (Å²) in [6.45, 7) is 2.25. The summed E-state index contributed by atoms with van der Waals surface area (Å²) in [6, 6.07) is 11.7. The summed E-state index contributed by atoms with van der Waals surface area (Å²) in [5, 5.41) is 0. The average Bonchev–Trinajstić information content (AvgIpc) is 2.69. The Morgan fingerprint density at radius 2 is 1.62 bits per heavy atom. The summed E-state index contributed by atoms with van der Waals surface area (Å²) in [6.07, 6.45) is 7.70. The number of rotatable bonds is 5. The minimum atomic E-state index is -3.95. The zero-order chi connectivity index (χ0) is 20.9. The van der Waals surface area contributed by atoms with Crippen LogP contribution in [-0.4, -0.2) is 5.57 Å². The normalized spacial score (nSPS) is 19.3. The predicted molar refractivity (Wildman–Crippen MR) is 110 cm³/mol. The van der Waals surface area contributed by atoms with Gasteiger partial charge in [0.05, 0.1) is 0 Å².